The van der Waals surface area contributed by atoms with Gasteiger partial charge in [0.25, 0.3) is 0 Å². The molecule has 23 heavy (non-hydrogen) atoms. The Balaban J connectivity index is 1.67. The lowest BCUT2D eigenvalue weighted by Gasteiger charge is -2.23. The van der Waals surface area contributed by atoms with Crippen LogP contribution in [0.4, 0.5) is 5.69 Å². The van der Waals surface area contributed by atoms with Crippen molar-refractivity contribution in [2.45, 2.75) is 29.5 Å². The van der Waals surface area contributed by atoms with Crippen molar-refractivity contribution in [3.63, 3.8) is 0 Å². The van der Waals surface area contributed by atoms with Gasteiger partial charge in [0.15, 0.2) is 0 Å². The molecule has 1 saturated heterocycles. The van der Waals surface area contributed by atoms with E-state index in [1.807, 2.05) is 54.6 Å². The van der Waals surface area contributed by atoms with Crippen molar-refractivity contribution in [1.82, 2.24) is 5.32 Å². The van der Waals surface area contributed by atoms with Crippen LogP contribution in [-0.2, 0) is 21.3 Å². The summed E-state index contributed by atoms with van der Waals surface area (Å²) in [4.78, 5) is 12.7. The second-order valence-corrected chi connectivity index (χ2v) is 7.08. The number of carbonyl (C=O) groups is 1. The highest BCUT2D eigenvalue weighted by molar-refractivity contribution is 7.84. The van der Waals surface area contributed by atoms with Crippen LogP contribution in [0.3, 0.4) is 0 Å². The Bertz CT molecular complexity index is 703. The number of rotatable bonds is 5. The zero-order chi connectivity index (χ0) is 16.1. The molecule has 0 bridgehead atoms. The van der Waals surface area contributed by atoms with E-state index in [-0.39, 0.29) is 11.9 Å². The molecule has 4 nitrogen and oxygen atoms in total. The molecule has 2 aromatic carbocycles. The first-order valence-electron chi connectivity index (χ1n) is 7.79. The van der Waals surface area contributed by atoms with Gasteiger partial charge in [0.2, 0.25) is 5.91 Å². The molecular weight excluding hydrogens is 308 g/mol. The van der Waals surface area contributed by atoms with Crippen molar-refractivity contribution in [1.29, 1.82) is 0 Å². The van der Waals surface area contributed by atoms with Crippen molar-refractivity contribution >= 4 is 22.4 Å². The molecule has 2 aromatic rings. The normalized spacial score (nSPS) is 19.0. The predicted octanol–water partition coefficient (Wildman–Crippen LogP) is 2.68. The van der Waals surface area contributed by atoms with Gasteiger partial charge < -0.3 is 10.6 Å². The van der Waals surface area contributed by atoms with Crippen molar-refractivity contribution in [2.75, 3.05) is 11.9 Å². The van der Waals surface area contributed by atoms with Gasteiger partial charge in [-0.3, -0.25) is 9.00 Å². The van der Waals surface area contributed by atoms with Crippen LogP contribution in [0.5, 0.6) is 0 Å². The lowest BCUT2D eigenvalue weighted by molar-refractivity contribution is -0.123. The number of hydrogen-bond donors (Lipinski definition) is 2. The number of piperidine rings is 1. The largest absolute Gasteiger partial charge is 0.374 e. The Labute approximate surface area is 138 Å². The molecule has 1 aliphatic heterocycles. The maximum Gasteiger partial charge on any atom is 0.242 e. The van der Waals surface area contributed by atoms with Crippen LogP contribution in [0.25, 0.3) is 0 Å². The van der Waals surface area contributed by atoms with Crippen LogP contribution in [0.15, 0.2) is 59.5 Å². The fourth-order valence-corrected chi connectivity index (χ4v) is 3.78. The van der Waals surface area contributed by atoms with E-state index in [1.165, 1.54) is 0 Å². The highest BCUT2D eigenvalue weighted by Crippen LogP contribution is 2.18. The Morgan fingerprint density at radius 2 is 1.96 bits per heavy atom. The van der Waals surface area contributed by atoms with Crippen molar-refractivity contribution < 1.29 is 9.00 Å². The van der Waals surface area contributed by atoms with E-state index in [2.05, 4.69) is 10.6 Å². The predicted molar refractivity (Wildman–Crippen MR) is 92.7 cm³/mol. The highest BCUT2D eigenvalue weighted by Gasteiger charge is 2.21. The molecule has 2 N–H and O–H groups in total. The fraction of sp³-hybridized carbons (Fsp3) is 0.278. The number of anilines is 1. The maximum absolute atomic E-state index is 12.4. The molecule has 5 heteroatoms. The summed E-state index contributed by atoms with van der Waals surface area (Å²) in [5.41, 5.74) is 1.89. The summed E-state index contributed by atoms with van der Waals surface area (Å²) in [5.74, 6) is 0.519. The summed E-state index contributed by atoms with van der Waals surface area (Å²) in [6, 6.07) is 17.1. The molecule has 120 valence electrons. The SMILES string of the molecule is O=C1NCCCC1Nc1cccc(CS(=O)c2ccccc2)c1. The summed E-state index contributed by atoms with van der Waals surface area (Å²) in [6.07, 6.45) is 1.83. The Morgan fingerprint density at radius 3 is 2.74 bits per heavy atom. The number of carbonyl (C=O) groups excluding carboxylic acids is 1. The van der Waals surface area contributed by atoms with E-state index in [1.54, 1.807) is 0 Å². The summed E-state index contributed by atoms with van der Waals surface area (Å²) in [7, 11) is -1.06. The highest BCUT2D eigenvalue weighted by atomic mass is 32.2. The molecule has 1 aliphatic rings. The molecule has 1 amide bonds. The molecule has 2 unspecified atom stereocenters. The Kier molecular flexibility index (Phi) is 5.08. The van der Waals surface area contributed by atoms with Crippen LogP contribution in [0, 0.1) is 0 Å². The van der Waals surface area contributed by atoms with Crippen LogP contribution in [0.1, 0.15) is 18.4 Å². The number of hydrogen-bond acceptors (Lipinski definition) is 3. The van der Waals surface area contributed by atoms with Gasteiger partial charge in [0.05, 0.1) is 16.6 Å². The monoisotopic (exact) mass is 328 g/mol. The van der Waals surface area contributed by atoms with Crippen molar-refractivity contribution in [3.05, 3.63) is 60.2 Å². The van der Waals surface area contributed by atoms with Gasteiger partial charge in [-0.1, -0.05) is 30.3 Å². The minimum Gasteiger partial charge on any atom is -0.374 e. The summed E-state index contributed by atoms with van der Waals surface area (Å²) in [6.45, 7) is 0.757. The Hall–Kier alpha value is -2.14. The number of amides is 1. The zero-order valence-corrected chi connectivity index (χ0v) is 13.6. The first kappa shape index (κ1) is 15.7. The standard InChI is InChI=1S/C18H20N2O2S/c21-18-17(10-5-11-19-18)20-15-7-4-6-14(12-15)13-23(22)16-8-2-1-3-9-16/h1-4,6-9,12,17,20H,5,10-11,13H2,(H,19,21). The minimum absolute atomic E-state index is 0.0505. The molecule has 1 fully saturated rings. The van der Waals surface area contributed by atoms with Gasteiger partial charge in [0.1, 0.15) is 6.04 Å². The summed E-state index contributed by atoms with van der Waals surface area (Å²) < 4.78 is 12.4. The second-order valence-electron chi connectivity index (χ2n) is 5.63. The molecular formula is C18H20N2O2S. The quantitative estimate of drug-likeness (QED) is 0.887. The van der Waals surface area contributed by atoms with Crippen LogP contribution in [-0.4, -0.2) is 22.7 Å². The van der Waals surface area contributed by atoms with Gasteiger partial charge in [-0.2, -0.15) is 0 Å². The third-order valence-corrected chi connectivity index (χ3v) is 5.25. The molecule has 0 saturated carbocycles. The fourth-order valence-electron chi connectivity index (χ4n) is 2.67. The lowest BCUT2D eigenvalue weighted by atomic mass is 10.1. The summed E-state index contributed by atoms with van der Waals surface area (Å²) in [5, 5.41) is 6.14. The second kappa shape index (κ2) is 7.42. The zero-order valence-electron chi connectivity index (χ0n) is 12.8. The molecule has 0 radical (unpaired) electrons. The topological polar surface area (TPSA) is 58.2 Å². The maximum atomic E-state index is 12.4. The van der Waals surface area contributed by atoms with Gasteiger partial charge in [-0.25, -0.2) is 0 Å². The van der Waals surface area contributed by atoms with Crippen LogP contribution < -0.4 is 10.6 Å². The molecule has 0 aromatic heterocycles. The van der Waals surface area contributed by atoms with Crippen molar-refractivity contribution in [2.24, 2.45) is 0 Å². The van der Waals surface area contributed by atoms with E-state index in [0.29, 0.717) is 5.75 Å². The third kappa shape index (κ3) is 4.20. The van der Waals surface area contributed by atoms with E-state index in [0.717, 1.165) is 35.5 Å². The number of nitrogens with one attached hydrogen (secondary N) is 2. The van der Waals surface area contributed by atoms with E-state index >= 15 is 0 Å². The third-order valence-electron chi connectivity index (χ3n) is 3.86. The smallest absolute Gasteiger partial charge is 0.242 e. The average molecular weight is 328 g/mol. The molecule has 3 rings (SSSR count). The number of benzene rings is 2. The van der Waals surface area contributed by atoms with Gasteiger partial charge in [-0.15, -0.1) is 0 Å². The van der Waals surface area contributed by atoms with Gasteiger partial charge in [-0.05, 0) is 42.7 Å². The van der Waals surface area contributed by atoms with Crippen molar-refractivity contribution in [3.8, 4) is 0 Å². The van der Waals surface area contributed by atoms with E-state index in [9.17, 15) is 9.00 Å². The lowest BCUT2D eigenvalue weighted by Crippen LogP contribution is -2.44. The van der Waals surface area contributed by atoms with Crippen LogP contribution in [0.2, 0.25) is 0 Å². The first-order valence-corrected chi connectivity index (χ1v) is 9.11. The molecule has 1 heterocycles. The minimum atomic E-state index is -1.06. The first-order chi connectivity index (χ1) is 11.2. The molecule has 0 spiro atoms. The van der Waals surface area contributed by atoms with E-state index < -0.39 is 10.8 Å². The average Bonchev–Trinajstić information content (AvgIpc) is 2.58. The van der Waals surface area contributed by atoms with Gasteiger partial charge >= 0.3 is 0 Å². The van der Waals surface area contributed by atoms with Crippen LogP contribution >= 0.6 is 0 Å². The summed E-state index contributed by atoms with van der Waals surface area (Å²) >= 11 is 0. The Morgan fingerprint density at radius 1 is 1.13 bits per heavy atom. The van der Waals surface area contributed by atoms with E-state index in [4.69, 9.17) is 0 Å². The van der Waals surface area contributed by atoms with Gasteiger partial charge in [0, 0.05) is 17.1 Å². The molecule has 0 aliphatic carbocycles. The molecule has 2 atom stereocenters.